The van der Waals surface area contributed by atoms with Crippen molar-refractivity contribution in [3.63, 3.8) is 0 Å². The summed E-state index contributed by atoms with van der Waals surface area (Å²) in [5, 5.41) is 26.9. The van der Waals surface area contributed by atoms with Gasteiger partial charge < -0.3 is 31.1 Å². The van der Waals surface area contributed by atoms with E-state index in [-0.39, 0.29) is 48.2 Å². The number of thiazole rings is 1. The van der Waals surface area contributed by atoms with Crippen LogP contribution < -0.4 is 16.4 Å². The fraction of sp³-hybridized carbons (Fsp3) is 0.569. The van der Waals surface area contributed by atoms with E-state index >= 15 is 4.79 Å². The number of nitrogens with two attached hydrogens (primary N) is 1. The Morgan fingerprint density at radius 1 is 1.00 bits per heavy atom. The van der Waals surface area contributed by atoms with Crippen molar-refractivity contribution < 1.29 is 33.8 Å². The van der Waals surface area contributed by atoms with Crippen molar-refractivity contribution in [2.75, 3.05) is 25.9 Å². The molecule has 3 amide bonds. The molecule has 0 bridgehead atoms. The minimum absolute atomic E-state index is 0.0968. The van der Waals surface area contributed by atoms with E-state index in [1.165, 1.54) is 18.3 Å². The number of anilines is 1. The van der Waals surface area contributed by atoms with E-state index in [1.54, 1.807) is 31.4 Å². The van der Waals surface area contributed by atoms with Crippen LogP contribution in [0.2, 0.25) is 0 Å². The van der Waals surface area contributed by atoms with E-state index in [1.807, 2.05) is 93.0 Å². The first-order valence-electron chi connectivity index (χ1n) is 24.1. The molecular formula is C51H73N9O7S. The van der Waals surface area contributed by atoms with E-state index in [0.29, 0.717) is 55.9 Å². The van der Waals surface area contributed by atoms with Crippen LogP contribution in [0.3, 0.4) is 0 Å². The highest BCUT2D eigenvalue weighted by molar-refractivity contribution is 7.09. The summed E-state index contributed by atoms with van der Waals surface area (Å²) in [6.07, 6.45) is 7.07. The Hall–Kier alpha value is -5.68. The predicted octanol–water partition coefficient (Wildman–Crippen LogP) is 7.09. The van der Waals surface area contributed by atoms with E-state index in [4.69, 9.17) is 15.5 Å². The Balaban J connectivity index is 1.40. The number of amides is 3. The zero-order chi connectivity index (χ0) is 49.5. The number of benzene rings is 2. The molecule has 6 atom stereocenters. The van der Waals surface area contributed by atoms with Gasteiger partial charge in [-0.05, 0) is 107 Å². The van der Waals surface area contributed by atoms with Gasteiger partial charge in [0.05, 0.1) is 23.7 Å². The maximum atomic E-state index is 15.2. The Bertz CT molecular complexity index is 2260. The molecule has 2 aromatic heterocycles. The molecule has 0 saturated carbocycles. The molecule has 2 unspecified atom stereocenters. The zero-order valence-corrected chi connectivity index (χ0v) is 42.0. The molecule has 0 spiro atoms. The number of nitrogens with one attached hydrogen (secondary N) is 2. The number of carboxylic acid groups (broad SMARTS) is 1. The number of carboxylic acids is 1. The first-order valence-corrected chi connectivity index (χ1v) is 25.0. The second-order valence-electron chi connectivity index (χ2n) is 19.5. The molecule has 1 saturated heterocycles. The summed E-state index contributed by atoms with van der Waals surface area (Å²) < 4.78 is 7.81. The highest BCUT2D eigenvalue weighted by atomic mass is 32.1. The first-order chi connectivity index (χ1) is 32.3. The highest BCUT2D eigenvalue weighted by Crippen LogP contribution is 2.33. The number of nitrogens with zero attached hydrogens (tertiary/aromatic N) is 6. The van der Waals surface area contributed by atoms with Gasteiger partial charge in [0, 0.05) is 49.2 Å². The third-order valence-corrected chi connectivity index (χ3v) is 14.0. The minimum Gasteiger partial charge on any atom is -0.481 e. The van der Waals surface area contributed by atoms with Crippen molar-refractivity contribution in [2.24, 2.45) is 17.3 Å². The lowest BCUT2D eigenvalue weighted by molar-refractivity contribution is -0.150. The average Bonchev–Trinajstić information content (AvgIpc) is 3.98. The maximum absolute atomic E-state index is 15.2. The second-order valence-corrected chi connectivity index (χ2v) is 20.4. The van der Waals surface area contributed by atoms with Gasteiger partial charge in [0.1, 0.15) is 16.7 Å². The van der Waals surface area contributed by atoms with Gasteiger partial charge in [-0.25, -0.2) is 9.67 Å². The smallest absolute Gasteiger partial charge is 0.309 e. The zero-order valence-electron chi connectivity index (χ0n) is 41.2. The summed E-state index contributed by atoms with van der Waals surface area (Å²) in [6.45, 7) is 14.4. The summed E-state index contributed by atoms with van der Waals surface area (Å²) in [5.74, 6) is -2.68. The largest absolute Gasteiger partial charge is 0.481 e. The molecule has 17 heteroatoms. The van der Waals surface area contributed by atoms with Gasteiger partial charge in [-0.2, -0.15) is 0 Å². The monoisotopic (exact) mass is 956 g/mol. The maximum Gasteiger partial charge on any atom is 0.309 e. The van der Waals surface area contributed by atoms with Crippen molar-refractivity contribution >= 4 is 46.7 Å². The fourth-order valence-electron chi connectivity index (χ4n) is 8.84. The van der Waals surface area contributed by atoms with E-state index in [9.17, 15) is 24.3 Å². The lowest BCUT2D eigenvalue weighted by atomic mass is 9.84. The molecule has 0 aliphatic carbocycles. The Labute approximate surface area is 405 Å². The number of esters is 1. The van der Waals surface area contributed by atoms with E-state index < -0.39 is 47.5 Å². The number of unbranched alkanes of at least 4 members (excludes halogenated alkanes) is 1. The average molecular weight is 956 g/mol. The van der Waals surface area contributed by atoms with Gasteiger partial charge in [-0.1, -0.05) is 88.2 Å². The molecule has 0 radical (unpaired) electrons. The van der Waals surface area contributed by atoms with Crippen LogP contribution in [0.25, 0.3) is 0 Å². The highest BCUT2D eigenvalue weighted by Gasteiger charge is 2.39. The van der Waals surface area contributed by atoms with Crippen molar-refractivity contribution in [3.8, 4) is 0 Å². The van der Waals surface area contributed by atoms with Gasteiger partial charge in [0.25, 0.3) is 5.91 Å². The third-order valence-electron chi connectivity index (χ3n) is 13.1. The number of likely N-dealkylation sites (tertiary alicyclic amines) is 1. The number of piperidine rings is 1. The normalized spacial score (nSPS) is 16.6. The van der Waals surface area contributed by atoms with Gasteiger partial charge in [-0.15, -0.1) is 16.4 Å². The van der Waals surface area contributed by atoms with Crippen molar-refractivity contribution in [1.82, 2.24) is 40.4 Å². The van der Waals surface area contributed by atoms with Gasteiger partial charge >= 0.3 is 11.9 Å². The number of ether oxygens (including phenoxy) is 1. The number of aryl methyl sites for hydroxylation is 1. The molecule has 3 heterocycles. The lowest BCUT2D eigenvalue weighted by Gasteiger charge is -2.40. The van der Waals surface area contributed by atoms with Crippen LogP contribution >= 0.6 is 11.3 Å². The number of aliphatic carboxylic acids is 1. The van der Waals surface area contributed by atoms with Gasteiger partial charge in [0.2, 0.25) is 11.8 Å². The van der Waals surface area contributed by atoms with Gasteiger partial charge in [0.15, 0.2) is 6.10 Å². The van der Waals surface area contributed by atoms with Crippen molar-refractivity contribution in [2.45, 2.75) is 149 Å². The van der Waals surface area contributed by atoms with Crippen LogP contribution in [0.5, 0.6) is 0 Å². The van der Waals surface area contributed by atoms with Crippen molar-refractivity contribution in [1.29, 1.82) is 0 Å². The SMILES string of the molecule is CC[C@H](C)[C@H](NC(=O)C1CCCCN1C)C(=O)N(CCCCc1cn(Cc2ccccc2)nn1)[C@H](C[C@@H](OC(C)=O)c1nc(C(=O)NC(Cc2ccc(N)cc2)CC(C)(C)C(=O)O)cs1)C(C)C. The standard InChI is InChI=1S/C51H73N9O7S/c1-9-34(4)45(55-47(63)42-20-14-15-25-58(42)8)49(64)60(26-16-13-19-39-31-59(57-56-39)30-37-17-11-10-12-18-37)43(33(2)3)28-44(67-35(5)61)48-54-41(32-68-48)46(62)53-40(29-51(6,7)50(65)66)27-36-21-23-38(52)24-22-36/h10-12,17-18,21-24,31-34,40,42-45H,9,13-16,19-20,25-30,52H2,1-8H3,(H,53,62)(H,55,63)(H,65,66)/t34-,40?,42?,43+,44+,45-/m0/s1. The number of likely N-dealkylation sites (N-methyl/N-ethyl adjacent to an activating group) is 1. The molecular weight excluding hydrogens is 883 g/mol. The molecule has 5 N–H and O–H groups in total. The topological polar surface area (TPSA) is 215 Å². The first kappa shape index (κ1) is 53.3. The van der Waals surface area contributed by atoms with E-state index in [0.717, 1.165) is 42.6 Å². The quantitative estimate of drug-likeness (QED) is 0.0298. The predicted molar refractivity (Wildman–Crippen MR) is 264 cm³/mol. The van der Waals surface area contributed by atoms with Crippen LogP contribution in [-0.4, -0.2) is 109 Å². The van der Waals surface area contributed by atoms with Gasteiger partial charge in [-0.3, -0.25) is 28.9 Å². The van der Waals surface area contributed by atoms with Crippen LogP contribution in [0.1, 0.15) is 138 Å². The summed E-state index contributed by atoms with van der Waals surface area (Å²) >= 11 is 1.18. The van der Waals surface area contributed by atoms with Crippen LogP contribution in [0.4, 0.5) is 5.69 Å². The molecule has 1 aliphatic rings. The van der Waals surface area contributed by atoms with Crippen LogP contribution in [-0.2, 0) is 43.3 Å². The molecule has 68 heavy (non-hydrogen) atoms. The number of aromatic nitrogens is 4. The summed E-state index contributed by atoms with van der Waals surface area (Å²) in [7, 11) is 1.95. The summed E-state index contributed by atoms with van der Waals surface area (Å²) in [4.78, 5) is 76.7. The minimum atomic E-state index is -1.14. The molecule has 370 valence electrons. The number of hydrogen-bond acceptors (Lipinski definition) is 12. The number of rotatable bonds is 25. The molecule has 16 nitrogen and oxygen atoms in total. The van der Waals surface area contributed by atoms with E-state index in [2.05, 4.69) is 25.8 Å². The van der Waals surface area contributed by atoms with Crippen molar-refractivity contribution in [3.05, 3.63) is 93.7 Å². The lowest BCUT2D eigenvalue weighted by Crippen LogP contribution is -2.59. The molecule has 2 aromatic carbocycles. The molecule has 1 aliphatic heterocycles. The summed E-state index contributed by atoms with van der Waals surface area (Å²) in [6, 6.07) is 15.1. The summed E-state index contributed by atoms with van der Waals surface area (Å²) in [5.41, 5.74) is 8.30. The third kappa shape index (κ3) is 15.4. The second kappa shape index (κ2) is 25.1. The molecule has 1 fully saturated rings. The Kier molecular flexibility index (Phi) is 19.6. The Morgan fingerprint density at radius 3 is 2.37 bits per heavy atom. The fourth-order valence-corrected chi connectivity index (χ4v) is 9.68. The number of nitrogen functional groups attached to an aromatic ring is 1. The number of carbonyl (C=O) groups excluding carboxylic acids is 4. The van der Waals surface area contributed by atoms with Crippen LogP contribution in [0, 0.1) is 17.3 Å². The number of hydrogen-bond donors (Lipinski definition) is 4. The molecule has 5 rings (SSSR count). The van der Waals surface area contributed by atoms with Crippen LogP contribution in [0.15, 0.2) is 66.2 Å². The number of carbonyl (C=O) groups is 5. The Morgan fingerprint density at radius 2 is 1.72 bits per heavy atom. The molecule has 4 aromatic rings.